The fourth-order valence-electron chi connectivity index (χ4n) is 3.50. The van der Waals surface area contributed by atoms with E-state index in [1.165, 1.54) is 5.56 Å². The Hall–Kier alpha value is -2.51. The summed E-state index contributed by atoms with van der Waals surface area (Å²) in [5, 5.41) is 8.84. The lowest BCUT2D eigenvalue weighted by molar-refractivity contribution is 0.122. The van der Waals surface area contributed by atoms with Crippen molar-refractivity contribution in [3.05, 3.63) is 47.5 Å². The van der Waals surface area contributed by atoms with Crippen molar-refractivity contribution in [2.24, 2.45) is 10.2 Å². The smallest absolute Gasteiger partial charge is 0.178 e. The van der Waals surface area contributed by atoms with E-state index in [2.05, 4.69) is 51.2 Å². The molecule has 7 heteroatoms. The molecule has 28 heavy (non-hydrogen) atoms. The zero-order valence-corrected chi connectivity index (χ0v) is 16.4. The molecule has 1 aromatic carbocycles. The van der Waals surface area contributed by atoms with Crippen LogP contribution >= 0.6 is 0 Å². The third-order valence-corrected chi connectivity index (χ3v) is 5.00. The zero-order chi connectivity index (χ0) is 19.2. The summed E-state index contributed by atoms with van der Waals surface area (Å²) in [5.41, 5.74) is 3.51. The second kappa shape index (κ2) is 9.12. The Morgan fingerprint density at radius 3 is 2.36 bits per heavy atom. The van der Waals surface area contributed by atoms with Crippen LogP contribution in [-0.2, 0) is 16.0 Å². The predicted molar refractivity (Wildman–Crippen MR) is 110 cm³/mol. The molecule has 0 unspecified atom stereocenters. The van der Waals surface area contributed by atoms with Crippen LogP contribution in [0.15, 0.2) is 46.6 Å². The van der Waals surface area contributed by atoms with Crippen LogP contribution in [0.1, 0.15) is 11.1 Å². The highest BCUT2D eigenvalue weighted by atomic mass is 16.5. The Morgan fingerprint density at radius 1 is 0.929 bits per heavy atom. The third-order valence-electron chi connectivity index (χ3n) is 5.00. The minimum atomic E-state index is 0.554. The second-order valence-electron chi connectivity index (χ2n) is 7.13. The van der Waals surface area contributed by atoms with Crippen LogP contribution in [-0.4, -0.2) is 57.6 Å². The number of hydrogen-bond acceptors (Lipinski definition) is 7. The van der Waals surface area contributed by atoms with E-state index in [-0.39, 0.29) is 0 Å². The predicted octanol–water partition coefficient (Wildman–Crippen LogP) is 3.35. The van der Waals surface area contributed by atoms with Crippen LogP contribution in [0, 0.1) is 6.92 Å². The molecule has 0 saturated carbocycles. The Labute approximate surface area is 166 Å². The van der Waals surface area contributed by atoms with Crippen molar-refractivity contribution < 1.29 is 9.47 Å². The maximum atomic E-state index is 5.50. The van der Waals surface area contributed by atoms with Gasteiger partial charge in [0, 0.05) is 44.0 Å². The molecular formula is C21H27N5O2. The fourth-order valence-corrected chi connectivity index (χ4v) is 3.50. The van der Waals surface area contributed by atoms with Crippen molar-refractivity contribution >= 4 is 17.3 Å². The zero-order valence-electron chi connectivity index (χ0n) is 16.4. The number of anilines is 2. The van der Waals surface area contributed by atoms with E-state index < -0.39 is 0 Å². The molecule has 1 aromatic heterocycles. The van der Waals surface area contributed by atoms with E-state index >= 15 is 0 Å². The molecule has 2 aromatic rings. The van der Waals surface area contributed by atoms with Gasteiger partial charge in [0.1, 0.15) is 5.82 Å². The highest BCUT2D eigenvalue weighted by molar-refractivity contribution is 5.61. The maximum Gasteiger partial charge on any atom is 0.178 e. The van der Waals surface area contributed by atoms with E-state index in [1.807, 2.05) is 12.1 Å². The molecule has 2 saturated heterocycles. The van der Waals surface area contributed by atoms with Gasteiger partial charge in [-0.15, -0.1) is 5.11 Å². The van der Waals surface area contributed by atoms with Crippen molar-refractivity contribution in [3.8, 4) is 0 Å². The lowest BCUT2D eigenvalue weighted by atomic mass is 10.1. The second-order valence-corrected chi connectivity index (χ2v) is 7.13. The highest BCUT2D eigenvalue weighted by Crippen LogP contribution is 2.27. The molecule has 0 spiro atoms. The monoisotopic (exact) mass is 381 g/mol. The summed E-state index contributed by atoms with van der Waals surface area (Å²) in [5.74, 6) is 1.59. The van der Waals surface area contributed by atoms with Gasteiger partial charge in [-0.3, -0.25) is 0 Å². The average Bonchev–Trinajstić information content (AvgIpc) is 2.75. The number of benzene rings is 1. The summed E-state index contributed by atoms with van der Waals surface area (Å²) in [4.78, 5) is 9.34. The number of aromatic nitrogens is 1. The topological polar surface area (TPSA) is 62.5 Å². The van der Waals surface area contributed by atoms with Gasteiger partial charge in [0.2, 0.25) is 0 Å². The Morgan fingerprint density at radius 2 is 1.64 bits per heavy atom. The van der Waals surface area contributed by atoms with E-state index in [0.717, 1.165) is 69.7 Å². The molecule has 0 N–H and O–H groups in total. The van der Waals surface area contributed by atoms with Crippen molar-refractivity contribution in [1.82, 2.24) is 4.98 Å². The van der Waals surface area contributed by atoms with Gasteiger partial charge in [-0.2, -0.15) is 5.11 Å². The van der Waals surface area contributed by atoms with Crippen LogP contribution in [0.5, 0.6) is 0 Å². The van der Waals surface area contributed by atoms with E-state index in [0.29, 0.717) is 12.4 Å². The van der Waals surface area contributed by atoms with E-state index in [4.69, 9.17) is 14.5 Å². The Kier molecular flexibility index (Phi) is 6.14. The summed E-state index contributed by atoms with van der Waals surface area (Å²) in [7, 11) is 0. The number of nitrogens with zero attached hydrogens (tertiary/aromatic N) is 5. The number of ether oxygens (including phenoxy) is 2. The molecule has 7 nitrogen and oxygen atoms in total. The first-order chi connectivity index (χ1) is 13.8. The molecule has 0 aliphatic carbocycles. The SMILES string of the molecule is Cc1cccc(CN=Nc2cc(N3CCOCC3)cc(N3CCOCC3)n2)c1. The summed E-state index contributed by atoms with van der Waals surface area (Å²) >= 11 is 0. The molecule has 2 aliphatic heterocycles. The average molecular weight is 381 g/mol. The molecule has 3 heterocycles. The van der Waals surface area contributed by atoms with Crippen LogP contribution in [0.25, 0.3) is 0 Å². The van der Waals surface area contributed by atoms with Gasteiger partial charge in [-0.25, -0.2) is 4.98 Å². The van der Waals surface area contributed by atoms with Crippen LogP contribution in [0.2, 0.25) is 0 Å². The Balaban J connectivity index is 1.56. The normalized spacial score (nSPS) is 18.0. The van der Waals surface area contributed by atoms with Gasteiger partial charge >= 0.3 is 0 Å². The summed E-state index contributed by atoms with van der Waals surface area (Å²) < 4.78 is 11.0. The van der Waals surface area contributed by atoms with Crippen LogP contribution < -0.4 is 9.80 Å². The molecule has 2 aliphatic rings. The summed E-state index contributed by atoms with van der Waals surface area (Å²) in [6.07, 6.45) is 0. The fraction of sp³-hybridized carbons (Fsp3) is 0.476. The van der Waals surface area contributed by atoms with Crippen molar-refractivity contribution in [3.63, 3.8) is 0 Å². The van der Waals surface area contributed by atoms with Crippen molar-refractivity contribution in [2.75, 3.05) is 62.4 Å². The first-order valence-corrected chi connectivity index (χ1v) is 9.88. The van der Waals surface area contributed by atoms with Gasteiger partial charge in [0.25, 0.3) is 0 Å². The molecular weight excluding hydrogens is 354 g/mol. The summed E-state index contributed by atoms with van der Waals surface area (Å²) in [6.45, 7) is 9.05. The molecule has 0 radical (unpaired) electrons. The first-order valence-electron chi connectivity index (χ1n) is 9.88. The summed E-state index contributed by atoms with van der Waals surface area (Å²) in [6, 6.07) is 12.5. The quantitative estimate of drug-likeness (QED) is 0.744. The number of morpholine rings is 2. The minimum Gasteiger partial charge on any atom is -0.378 e. The highest BCUT2D eigenvalue weighted by Gasteiger charge is 2.18. The van der Waals surface area contributed by atoms with E-state index in [9.17, 15) is 0 Å². The molecule has 4 rings (SSSR count). The molecule has 0 bridgehead atoms. The standard InChI is InChI=1S/C21H27N5O2/c1-17-3-2-4-18(13-17)16-22-24-20-14-19(25-5-9-27-10-6-25)15-21(23-20)26-7-11-28-12-8-26/h2-4,13-15H,5-12,16H2,1H3. The number of pyridine rings is 1. The number of azo groups is 1. The van der Waals surface area contributed by atoms with Gasteiger partial charge in [-0.1, -0.05) is 29.8 Å². The molecule has 2 fully saturated rings. The molecule has 148 valence electrons. The third kappa shape index (κ3) is 4.85. The van der Waals surface area contributed by atoms with E-state index in [1.54, 1.807) is 0 Å². The van der Waals surface area contributed by atoms with Crippen LogP contribution in [0.4, 0.5) is 17.3 Å². The maximum absolute atomic E-state index is 5.50. The lowest BCUT2D eigenvalue weighted by Gasteiger charge is -2.31. The van der Waals surface area contributed by atoms with Gasteiger partial charge < -0.3 is 19.3 Å². The van der Waals surface area contributed by atoms with Gasteiger partial charge in [0.05, 0.1) is 33.0 Å². The van der Waals surface area contributed by atoms with Gasteiger partial charge in [0.15, 0.2) is 5.82 Å². The first kappa shape index (κ1) is 18.8. The number of aryl methyl sites for hydroxylation is 1. The minimum absolute atomic E-state index is 0.554. The largest absolute Gasteiger partial charge is 0.378 e. The van der Waals surface area contributed by atoms with Crippen molar-refractivity contribution in [1.29, 1.82) is 0 Å². The molecule has 0 amide bonds. The lowest BCUT2D eigenvalue weighted by Crippen LogP contribution is -2.38. The Bertz CT molecular complexity index is 778. The van der Waals surface area contributed by atoms with Crippen LogP contribution in [0.3, 0.4) is 0 Å². The number of hydrogen-bond donors (Lipinski definition) is 0. The van der Waals surface area contributed by atoms with Gasteiger partial charge in [-0.05, 0) is 12.5 Å². The number of rotatable bonds is 5. The van der Waals surface area contributed by atoms with Crippen molar-refractivity contribution in [2.45, 2.75) is 13.5 Å². The molecule has 0 atom stereocenters.